The van der Waals surface area contributed by atoms with Crippen molar-refractivity contribution < 1.29 is 18.0 Å². The van der Waals surface area contributed by atoms with Gasteiger partial charge < -0.3 is 10.3 Å². The number of carbonyl (C=O) groups is 1. The molecule has 1 unspecified atom stereocenters. The van der Waals surface area contributed by atoms with Crippen LogP contribution in [0.1, 0.15) is 33.2 Å². The number of primary amides is 1. The van der Waals surface area contributed by atoms with Crippen molar-refractivity contribution >= 4 is 16.8 Å². The molecule has 2 N–H and O–H groups in total. The molecule has 8 nitrogen and oxygen atoms in total. The van der Waals surface area contributed by atoms with Gasteiger partial charge in [0.1, 0.15) is 0 Å². The highest BCUT2D eigenvalue weighted by atomic mass is 19.4. The SMILES string of the molecule is NC(=O)c1nn(C(c2cnn(Cc3ccc(Cn4ccccc4=O)cc3)c2)C(F)(F)F)c2ccccc12. The van der Waals surface area contributed by atoms with Crippen molar-refractivity contribution in [2.24, 2.45) is 5.73 Å². The van der Waals surface area contributed by atoms with Gasteiger partial charge in [-0.1, -0.05) is 48.5 Å². The summed E-state index contributed by atoms with van der Waals surface area (Å²) in [7, 11) is 0. The molecule has 5 rings (SSSR count). The maximum atomic E-state index is 14.3. The minimum atomic E-state index is -4.71. The predicted molar refractivity (Wildman–Crippen MR) is 130 cm³/mol. The predicted octanol–water partition coefficient (Wildman–Crippen LogP) is 3.74. The van der Waals surface area contributed by atoms with Crippen molar-refractivity contribution in [1.29, 1.82) is 0 Å². The lowest BCUT2D eigenvalue weighted by Gasteiger charge is -2.20. The molecule has 0 radical (unpaired) electrons. The molecular weight excluding hydrogens is 485 g/mol. The average Bonchev–Trinajstić information content (AvgIpc) is 3.46. The Labute approximate surface area is 208 Å². The minimum absolute atomic E-state index is 0.109. The largest absolute Gasteiger partial charge is 0.415 e. The molecule has 11 heteroatoms. The van der Waals surface area contributed by atoms with Gasteiger partial charge in [-0.25, -0.2) is 4.68 Å². The van der Waals surface area contributed by atoms with E-state index in [4.69, 9.17) is 5.73 Å². The molecule has 0 fully saturated rings. The topological polar surface area (TPSA) is 101 Å². The van der Waals surface area contributed by atoms with Crippen molar-refractivity contribution in [3.8, 4) is 0 Å². The molecular formula is C26H21F3N6O2. The van der Waals surface area contributed by atoms with Crippen LogP contribution in [0.5, 0.6) is 0 Å². The Balaban J connectivity index is 1.41. The second kappa shape index (κ2) is 9.41. The maximum Gasteiger partial charge on any atom is 0.415 e. The normalized spacial score (nSPS) is 12.6. The Hall–Kier alpha value is -4.67. The molecule has 0 aliphatic rings. The summed E-state index contributed by atoms with van der Waals surface area (Å²) in [5.41, 5.74) is 6.77. The van der Waals surface area contributed by atoms with E-state index in [2.05, 4.69) is 10.2 Å². The van der Waals surface area contributed by atoms with E-state index < -0.39 is 18.1 Å². The number of amides is 1. The molecule has 3 heterocycles. The third kappa shape index (κ3) is 4.88. The highest BCUT2D eigenvalue weighted by Gasteiger charge is 2.45. The van der Waals surface area contributed by atoms with E-state index in [0.29, 0.717) is 6.54 Å². The van der Waals surface area contributed by atoms with Crippen molar-refractivity contribution in [3.05, 3.63) is 118 Å². The van der Waals surface area contributed by atoms with Crippen LogP contribution >= 0.6 is 0 Å². The number of benzene rings is 2. The third-order valence-electron chi connectivity index (χ3n) is 5.99. The first kappa shape index (κ1) is 24.0. The van der Waals surface area contributed by atoms with E-state index in [1.807, 2.05) is 24.3 Å². The lowest BCUT2D eigenvalue weighted by molar-refractivity contribution is -0.158. The molecule has 3 aromatic heterocycles. The molecule has 1 atom stereocenters. The van der Waals surface area contributed by atoms with Crippen LogP contribution in [0.3, 0.4) is 0 Å². The van der Waals surface area contributed by atoms with Gasteiger partial charge in [-0.15, -0.1) is 0 Å². The first-order chi connectivity index (χ1) is 17.7. The van der Waals surface area contributed by atoms with E-state index in [0.717, 1.165) is 22.0 Å². The van der Waals surface area contributed by atoms with Crippen LogP contribution in [0, 0.1) is 0 Å². The maximum absolute atomic E-state index is 14.3. The van der Waals surface area contributed by atoms with E-state index in [-0.39, 0.29) is 34.3 Å². The van der Waals surface area contributed by atoms with E-state index >= 15 is 0 Å². The Morgan fingerprint density at radius 2 is 1.62 bits per heavy atom. The zero-order chi connectivity index (χ0) is 26.2. The monoisotopic (exact) mass is 506 g/mol. The van der Waals surface area contributed by atoms with E-state index in [9.17, 15) is 22.8 Å². The number of pyridine rings is 1. The van der Waals surface area contributed by atoms with Crippen LogP contribution in [0.25, 0.3) is 10.9 Å². The van der Waals surface area contributed by atoms with Crippen molar-refractivity contribution in [2.75, 3.05) is 0 Å². The molecule has 188 valence electrons. The van der Waals surface area contributed by atoms with E-state index in [1.165, 1.54) is 29.1 Å². The van der Waals surface area contributed by atoms with Crippen LogP contribution in [0.2, 0.25) is 0 Å². The summed E-state index contributed by atoms with van der Waals surface area (Å²) in [6.45, 7) is 0.646. The second-order valence-electron chi connectivity index (χ2n) is 8.57. The fourth-order valence-corrected chi connectivity index (χ4v) is 4.27. The van der Waals surface area contributed by atoms with Crippen LogP contribution in [-0.2, 0) is 13.1 Å². The van der Waals surface area contributed by atoms with Gasteiger partial charge in [0.2, 0.25) is 0 Å². The smallest absolute Gasteiger partial charge is 0.364 e. The molecule has 0 spiro atoms. The molecule has 0 saturated carbocycles. The van der Waals surface area contributed by atoms with Crippen LogP contribution in [0.15, 0.2) is 90.1 Å². The zero-order valence-electron chi connectivity index (χ0n) is 19.3. The van der Waals surface area contributed by atoms with Gasteiger partial charge in [-0.2, -0.15) is 23.4 Å². The number of aromatic nitrogens is 5. The fraction of sp³-hybridized carbons (Fsp3) is 0.154. The van der Waals surface area contributed by atoms with Crippen molar-refractivity contribution in [2.45, 2.75) is 25.3 Å². The van der Waals surface area contributed by atoms with Gasteiger partial charge in [0.15, 0.2) is 11.7 Å². The lowest BCUT2D eigenvalue weighted by Crippen LogP contribution is -2.28. The third-order valence-corrected chi connectivity index (χ3v) is 5.99. The number of carbonyl (C=O) groups excluding carboxylic acids is 1. The summed E-state index contributed by atoms with van der Waals surface area (Å²) in [5.74, 6) is -0.910. The molecule has 1 amide bonds. The van der Waals surface area contributed by atoms with Gasteiger partial charge >= 0.3 is 6.18 Å². The van der Waals surface area contributed by atoms with Gasteiger partial charge in [-0.05, 0) is 23.3 Å². The molecule has 0 bridgehead atoms. The Bertz CT molecular complexity index is 1630. The highest BCUT2D eigenvalue weighted by molar-refractivity contribution is 6.04. The number of rotatable bonds is 7. The average molecular weight is 506 g/mol. The van der Waals surface area contributed by atoms with E-state index in [1.54, 1.807) is 35.0 Å². The first-order valence-electron chi connectivity index (χ1n) is 11.3. The number of para-hydroxylation sites is 1. The van der Waals surface area contributed by atoms with Gasteiger partial charge in [0, 0.05) is 29.4 Å². The summed E-state index contributed by atoms with van der Waals surface area (Å²) in [6, 6.07) is 16.3. The van der Waals surface area contributed by atoms with Crippen LogP contribution in [0.4, 0.5) is 13.2 Å². The highest BCUT2D eigenvalue weighted by Crippen LogP contribution is 2.38. The van der Waals surface area contributed by atoms with Crippen molar-refractivity contribution in [3.63, 3.8) is 0 Å². The molecule has 0 aliphatic heterocycles. The van der Waals surface area contributed by atoms with Gasteiger partial charge in [-0.3, -0.25) is 14.3 Å². The minimum Gasteiger partial charge on any atom is -0.364 e. The number of halogens is 3. The summed E-state index contributed by atoms with van der Waals surface area (Å²) in [6.07, 6.45) is -0.548. The summed E-state index contributed by atoms with van der Waals surface area (Å²) in [4.78, 5) is 23.7. The van der Waals surface area contributed by atoms with Gasteiger partial charge in [0.05, 0.1) is 24.8 Å². The van der Waals surface area contributed by atoms with Crippen LogP contribution < -0.4 is 11.3 Å². The number of hydrogen-bond acceptors (Lipinski definition) is 4. The summed E-state index contributed by atoms with van der Waals surface area (Å²) >= 11 is 0. The number of nitrogens with two attached hydrogens (primary N) is 1. The number of fused-ring (bicyclic) bond motifs is 1. The Morgan fingerprint density at radius 1 is 0.946 bits per heavy atom. The lowest BCUT2D eigenvalue weighted by atomic mass is 10.1. The fourth-order valence-electron chi connectivity index (χ4n) is 4.27. The Kier molecular flexibility index (Phi) is 6.12. The van der Waals surface area contributed by atoms with Crippen LogP contribution in [-0.4, -0.2) is 36.2 Å². The van der Waals surface area contributed by atoms with Crippen molar-refractivity contribution in [1.82, 2.24) is 24.1 Å². The zero-order valence-corrected chi connectivity index (χ0v) is 19.3. The quantitative estimate of drug-likeness (QED) is 0.363. The molecule has 0 saturated heterocycles. The molecule has 2 aromatic carbocycles. The second-order valence-corrected chi connectivity index (χ2v) is 8.57. The number of hydrogen-bond donors (Lipinski definition) is 1. The number of nitrogens with zero attached hydrogens (tertiary/aromatic N) is 5. The molecule has 5 aromatic rings. The molecule has 0 aliphatic carbocycles. The van der Waals surface area contributed by atoms with Gasteiger partial charge in [0.25, 0.3) is 11.5 Å². The summed E-state index contributed by atoms with van der Waals surface area (Å²) in [5, 5.41) is 8.31. The Morgan fingerprint density at radius 3 is 2.30 bits per heavy atom. The first-order valence-corrected chi connectivity index (χ1v) is 11.3. The number of alkyl halides is 3. The summed E-state index contributed by atoms with van der Waals surface area (Å²) < 4.78 is 46.6. The molecule has 37 heavy (non-hydrogen) atoms. The standard InChI is InChI=1S/C26H21F3N6O2/c27-26(28,29)24(35-21-6-2-1-5-20(21)23(32-35)25(30)37)19-13-31-34(16-19)15-18-10-8-17(9-11-18)14-33-12-4-3-7-22(33)36/h1-13,16,24H,14-15H2,(H2,30,37).